The Bertz CT molecular complexity index is 638. The number of urea groups is 1. The van der Waals surface area contributed by atoms with E-state index in [1.807, 2.05) is 0 Å². The molecule has 3 N–H and O–H groups in total. The highest BCUT2D eigenvalue weighted by Gasteiger charge is 2.08. The fraction of sp³-hybridized carbons (Fsp3) is 0.167. The van der Waals surface area contributed by atoms with Crippen molar-refractivity contribution in [2.45, 2.75) is 6.92 Å². The number of ether oxygens (including phenoxy) is 1. The number of methoxy groups -OCH3 is 1. The Kier molecular flexibility index (Phi) is 3.94. The maximum atomic E-state index is 11.7. The molecule has 2 amide bonds. The minimum Gasteiger partial charge on any atom is -0.466 e. The number of aromatic amines is 1. The van der Waals surface area contributed by atoms with Crippen molar-refractivity contribution in [2.24, 2.45) is 0 Å². The van der Waals surface area contributed by atoms with Crippen LogP contribution >= 0.6 is 0 Å². The maximum Gasteiger partial charge on any atom is 0.336 e. The van der Waals surface area contributed by atoms with Crippen LogP contribution in [0.25, 0.3) is 0 Å². The van der Waals surface area contributed by atoms with E-state index >= 15 is 0 Å². The highest BCUT2D eigenvalue weighted by atomic mass is 16.5. The van der Waals surface area contributed by atoms with E-state index in [1.54, 1.807) is 24.3 Å². The van der Waals surface area contributed by atoms with E-state index in [1.165, 1.54) is 14.0 Å². The minimum atomic E-state index is -0.510. The predicted octanol–water partition coefficient (Wildman–Crippen LogP) is 1.66. The summed E-state index contributed by atoms with van der Waals surface area (Å²) in [5.41, 5.74) is 1.02. The summed E-state index contributed by atoms with van der Waals surface area (Å²) in [4.78, 5) is 26.8. The Morgan fingerprint density at radius 2 is 2.10 bits per heavy atom. The first-order valence-electron chi connectivity index (χ1n) is 5.74. The molecule has 0 atom stereocenters. The normalized spacial score (nSPS) is 9.90. The van der Waals surface area contributed by atoms with Gasteiger partial charge in [-0.1, -0.05) is 12.1 Å². The molecule has 1 heterocycles. The molecule has 0 aliphatic heterocycles. The predicted molar refractivity (Wildman–Crippen MR) is 72.0 cm³/mol. The van der Waals surface area contributed by atoms with E-state index < -0.39 is 6.03 Å². The van der Waals surface area contributed by atoms with Crippen LogP contribution in [0.2, 0.25) is 0 Å². The molecule has 0 bridgehead atoms. The van der Waals surface area contributed by atoms with Crippen molar-refractivity contribution >= 4 is 23.5 Å². The van der Waals surface area contributed by atoms with E-state index in [9.17, 15) is 9.59 Å². The summed E-state index contributed by atoms with van der Waals surface area (Å²) < 4.78 is 4.77. The number of ketones is 1. The first kappa shape index (κ1) is 13.5. The molecule has 2 rings (SSSR count). The van der Waals surface area contributed by atoms with Crippen molar-refractivity contribution in [3.8, 4) is 6.01 Å². The summed E-state index contributed by atoms with van der Waals surface area (Å²) in [6.45, 7) is 1.46. The Balaban J connectivity index is 2.00. The number of rotatable bonds is 4. The van der Waals surface area contributed by atoms with E-state index in [-0.39, 0.29) is 17.7 Å². The Hall–Kier alpha value is -2.90. The fourth-order valence-electron chi connectivity index (χ4n) is 1.48. The molecule has 1 aromatic heterocycles. The van der Waals surface area contributed by atoms with E-state index in [2.05, 4.69) is 25.8 Å². The van der Waals surface area contributed by atoms with E-state index in [4.69, 9.17) is 4.74 Å². The second kappa shape index (κ2) is 5.83. The third-order valence-corrected chi connectivity index (χ3v) is 2.41. The zero-order chi connectivity index (χ0) is 14.5. The number of carbonyl (C=O) groups is 2. The molecular formula is C12H13N5O3. The number of amides is 2. The molecule has 2 aromatic rings. The number of hydrogen-bond donors (Lipinski definition) is 3. The van der Waals surface area contributed by atoms with Crippen LogP contribution in [0.15, 0.2) is 24.3 Å². The van der Waals surface area contributed by atoms with E-state index in [0.29, 0.717) is 11.3 Å². The second-order valence-electron chi connectivity index (χ2n) is 3.89. The molecule has 8 heteroatoms. The zero-order valence-corrected chi connectivity index (χ0v) is 10.9. The van der Waals surface area contributed by atoms with Gasteiger partial charge in [0.05, 0.1) is 7.11 Å². The molecular weight excluding hydrogens is 262 g/mol. The molecule has 1 aromatic carbocycles. The first-order chi connectivity index (χ1) is 9.58. The van der Waals surface area contributed by atoms with Crippen molar-refractivity contribution in [3.05, 3.63) is 29.8 Å². The second-order valence-corrected chi connectivity index (χ2v) is 3.89. The van der Waals surface area contributed by atoms with Gasteiger partial charge in [-0.05, 0) is 19.1 Å². The third-order valence-electron chi connectivity index (χ3n) is 2.41. The number of H-pyrrole nitrogens is 1. The zero-order valence-electron chi connectivity index (χ0n) is 10.9. The number of carbonyl (C=O) groups excluding carboxylic acids is 2. The van der Waals surface area contributed by atoms with Gasteiger partial charge in [-0.2, -0.15) is 4.98 Å². The molecule has 20 heavy (non-hydrogen) atoms. The largest absolute Gasteiger partial charge is 0.466 e. The van der Waals surface area contributed by atoms with Crippen molar-refractivity contribution in [2.75, 3.05) is 17.7 Å². The van der Waals surface area contributed by atoms with Gasteiger partial charge in [0.25, 0.3) is 0 Å². The molecule has 0 aliphatic carbocycles. The van der Waals surface area contributed by atoms with Crippen LogP contribution in [0.1, 0.15) is 17.3 Å². The number of benzene rings is 1. The molecule has 0 unspecified atom stereocenters. The van der Waals surface area contributed by atoms with Crippen molar-refractivity contribution < 1.29 is 14.3 Å². The standard InChI is InChI=1S/C12H13N5O3/c1-7(18)8-4-3-5-9(6-8)13-11(19)14-10-15-12(20-2)17-16-10/h3-6H,1-2H3,(H3,13,14,15,16,17,19). The molecule has 0 aliphatic rings. The van der Waals surface area contributed by atoms with Gasteiger partial charge in [-0.3, -0.25) is 10.1 Å². The van der Waals surface area contributed by atoms with Crippen LogP contribution < -0.4 is 15.4 Å². The van der Waals surface area contributed by atoms with Crippen LogP contribution in [0, 0.1) is 0 Å². The van der Waals surface area contributed by atoms with Gasteiger partial charge in [0, 0.05) is 11.3 Å². The Morgan fingerprint density at radius 1 is 1.30 bits per heavy atom. The number of hydrogen-bond acceptors (Lipinski definition) is 5. The number of Topliss-reactive ketones (excluding diaryl/α,β-unsaturated/α-hetero) is 1. The van der Waals surface area contributed by atoms with Crippen molar-refractivity contribution in [1.29, 1.82) is 0 Å². The number of aromatic nitrogens is 3. The highest BCUT2D eigenvalue weighted by molar-refractivity contribution is 6.00. The number of nitrogens with one attached hydrogen (secondary N) is 3. The summed E-state index contributed by atoms with van der Waals surface area (Å²) in [6.07, 6.45) is 0. The summed E-state index contributed by atoms with van der Waals surface area (Å²) in [5, 5.41) is 11.2. The quantitative estimate of drug-likeness (QED) is 0.735. The minimum absolute atomic E-state index is 0.0750. The van der Waals surface area contributed by atoms with Crippen molar-refractivity contribution in [3.63, 3.8) is 0 Å². The molecule has 0 saturated heterocycles. The van der Waals surface area contributed by atoms with Gasteiger partial charge in [0.2, 0.25) is 5.95 Å². The highest BCUT2D eigenvalue weighted by Crippen LogP contribution is 2.12. The lowest BCUT2D eigenvalue weighted by atomic mass is 10.1. The summed E-state index contributed by atoms with van der Waals surface area (Å²) in [7, 11) is 1.42. The lowest BCUT2D eigenvalue weighted by molar-refractivity contribution is 0.101. The summed E-state index contributed by atoms with van der Waals surface area (Å²) >= 11 is 0. The molecule has 8 nitrogen and oxygen atoms in total. The lowest BCUT2D eigenvalue weighted by Crippen LogP contribution is -2.20. The first-order valence-corrected chi connectivity index (χ1v) is 5.74. The van der Waals surface area contributed by atoms with Gasteiger partial charge in [-0.25, -0.2) is 9.89 Å². The fourth-order valence-corrected chi connectivity index (χ4v) is 1.48. The van der Waals surface area contributed by atoms with Crippen molar-refractivity contribution in [1.82, 2.24) is 15.2 Å². The molecule has 0 radical (unpaired) electrons. The van der Waals surface area contributed by atoms with Crippen LogP contribution in [0.4, 0.5) is 16.4 Å². The number of nitrogens with zero attached hydrogens (tertiary/aromatic N) is 2. The Labute approximate surface area is 114 Å². The third kappa shape index (κ3) is 3.31. The van der Waals surface area contributed by atoms with Gasteiger partial charge in [-0.15, -0.1) is 5.10 Å². The molecule has 0 saturated carbocycles. The average Bonchev–Trinajstić information content (AvgIpc) is 2.86. The van der Waals surface area contributed by atoms with Gasteiger partial charge in [0.15, 0.2) is 5.78 Å². The van der Waals surface area contributed by atoms with E-state index in [0.717, 1.165) is 0 Å². The average molecular weight is 275 g/mol. The molecule has 104 valence electrons. The van der Waals surface area contributed by atoms with Crippen LogP contribution in [0.5, 0.6) is 6.01 Å². The summed E-state index contributed by atoms with van der Waals surface area (Å²) in [5.74, 6) is 0.0797. The Morgan fingerprint density at radius 3 is 2.75 bits per heavy atom. The molecule has 0 spiro atoms. The smallest absolute Gasteiger partial charge is 0.336 e. The van der Waals surface area contributed by atoms with Gasteiger partial charge >= 0.3 is 12.0 Å². The topological polar surface area (TPSA) is 109 Å². The van der Waals surface area contributed by atoms with Crippen LogP contribution in [-0.4, -0.2) is 34.1 Å². The van der Waals surface area contributed by atoms with Crippen LogP contribution in [0.3, 0.4) is 0 Å². The SMILES string of the molecule is COc1n[nH]c(NC(=O)Nc2cccc(C(C)=O)c2)n1. The molecule has 0 fully saturated rings. The van der Waals surface area contributed by atoms with Gasteiger partial charge in [0.1, 0.15) is 0 Å². The monoisotopic (exact) mass is 275 g/mol. The van der Waals surface area contributed by atoms with Crippen LogP contribution in [-0.2, 0) is 0 Å². The maximum absolute atomic E-state index is 11.7. The summed E-state index contributed by atoms with van der Waals surface area (Å²) in [6, 6.07) is 6.23. The number of anilines is 2. The van der Waals surface area contributed by atoms with Gasteiger partial charge < -0.3 is 10.1 Å². The lowest BCUT2D eigenvalue weighted by Gasteiger charge is -2.06.